The van der Waals surface area contributed by atoms with Crippen LogP contribution in [0.5, 0.6) is 0 Å². The van der Waals surface area contributed by atoms with Gasteiger partial charge in [0.1, 0.15) is 31.2 Å². The molecule has 2 fully saturated rings. The molecular weight excluding hydrogens is 360 g/mol. The molecule has 1 saturated heterocycles. The van der Waals surface area contributed by atoms with Gasteiger partial charge in [0, 0.05) is 6.04 Å². The number of ether oxygens (including phenoxy) is 1. The Morgan fingerprint density at radius 2 is 2.07 bits per heavy atom. The Hall–Kier alpha value is -2.57. The van der Waals surface area contributed by atoms with E-state index in [0.717, 1.165) is 12.8 Å². The van der Waals surface area contributed by atoms with Crippen LogP contribution in [0, 0.1) is 10.1 Å². The maximum atomic E-state index is 10.4. The number of aromatic nitrogens is 4. The first kappa shape index (κ1) is 17.8. The summed E-state index contributed by atoms with van der Waals surface area (Å²) in [5, 5.41) is 33.2. The largest absolute Gasteiger partial charge is 0.387 e. The molecule has 27 heavy (non-hydrogen) atoms. The van der Waals surface area contributed by atoms with E-state index >= 15 is 0 Å². The van der Waals surface area contributed by atoms with Gasteiger partial charge in [0.15, 0.2) is 23.2 Å². The minimum Gasteiger partial charge on any atom is -0.387 e. The molecule has 0 spiro atoms. The first-order valence-corrected chi connectivity index (χ1v) is 8.77. The van der Waals surface area contributed by atoms with Gasteiger partial charge in [0.2, 0.25) is 0 Å². The molecule has 1 aliphatic heterocycles. The summed E-state index contributed by atoms with van der Waals surface area (Å²) in [7, 11) is 0. The zero-order valence-electron chi connectivity index (χ0n) is 14.3. The van der Waals surface area contributed by atoms with Crippen LogP contribution < -0.4 is 5.32 Å². The Morgan fingerprint density at radius 3 is 2.81 bits per heavy atom. The summed E-state index contributed by atoms with van der Waals surface area (Å²) in [5.41, 5.74) is 0.956. The average molecular weight is 380 g/mol. The monoisotopic (exact) mass is 380 g/mol. The van der Waals surface area contributed by atoms with Gasteiger partial charge in [-0.25, -0.2) is 15.0 Å². The minimum atomic E-state index is -1.34. The molecule has 0 radical (unpaired) electrons. The molecular formula is C15H20N6O6. The van der Waals surface area contributed by atoms with Crippen molar-refractivity contribution in [1.82, 2.24) is 19.5 Å². The second-order valence-electron chi connectivity index (χ2n) is 6.74. The number of hydrogen-bond acceptors (Lipinski definition) is 10. The van der Waals surface area contributed by atoms with Gasteiger partial charge in [-0.05, 0) is 12.8 Å². The highest BCUT2D eigenvalue weighted by Gasteiger charge is 2.44. The molecule has 3 heterocycles. The summed E-state index contributed by atoms with van der Waals surface area (Å²) >= 11 is 0. The minimum absolute atomic E-state index is 0.340. The predicted octanol–water partition coefficient (Wildman–Crippen LogP) is 0.00830. The number of fused-ring (bicyclic) bond motifs is 1. The summed E-state index contributed by atoms with van der Waals surface area (Å²) < 4.78 is 7.06. The molecule has 146 valence electrons. The van der Waals surface area contributed by atoms with Gasteiger partial charge >= 0.3 is 0 Å². The van der Waals surface area contributed by atoms with Gasteiger partial charge in [0.25, 0.3) is 5.09 Å². The van der Waals surface area contributed by atoms with E-state index in [4.69, 9.17) is 4.74 Å². The topological polar surface area (TPSA) is 158 Å². The number of anilines is 1. The van der Waals surface area contributed by atoms with Crippen molar-refractivity contribution < 1.29 is 24.9 Å². The molecule has 2 aromatic rings. The number of hydrogen-bond donors (Lipinski definition) is 3. The van der Waals surface area contributed by atoms with Gasteiger partial charge in [-0.1, -0.05) is 12.8 Å². The second kappa shape index (κ2) is 7.21. The van der Waals surface area contributed by atoms with E-state index in [-0.39, 0.29) is 0 Å². The maximum Gasteiger partial charge on any atom is 0.294 e. The lowest BCUT2D eigenvalue weighted by atomic mass is 10.1. The molecule has 1 aliphatic carbocycles. The Morgan fingerprint density at radius 1 is 1.30 bits per heavy atom. The Balaban J connectivity index is 1.57. The fraction of sp³-hybridized carbons (Fsp3) is 0.667. The van der Waals surface area contributed by atoms with E-state index in [1.165, 1.54) is 30.1 Å². The summed E-state index contributed by atoms with van der Waals surface area (Å²) in [5.74, 6) is 0.604. The van der Waals surface area contributed by atoms with Crippen molar-refractivity contribution in [3.8, 4) is 0 Å². The quantitative estimate of drug-likeness (QED) is 0.460. The molecule has 2 aromatic heterocycles. The van der Waals surface area contributed by atoms with E-state index in [9.17, 15) is 20.3 Å². The summed E-state index contributed by atoms with van der Waals surface area (Å²) in [4.78, 5) is 27.4. The molecule has 4 rings (SSSR count). The molecule has 0 bridgehead atoms. The fourth-order valence-electron chi connectivity index (χ4n) is 3.64. The molecule has 4 unspecified atom stereocenters. The molecule has 12 nitrogen and oxygen atoms in total. The third-order valence-corrected chi connectivity index (χ3v) is 5.01. The molecule has 4 atom stereocenters. The first-order chi connectivity index (χ1) is 13.0. The predicted molar refractivity (Wildman–Crippen MR) is 90.1 cm³/mol. The van der Waals surface area contributed by atoms with Crippen LogP contribution in [-0.2, 0) is 9.57 Å². The van der Waals surface area contributed by atoms with Crippen LogP contribution in [0.15, 0.2) is 12.7 Å². The SMILES string of the molecule is O=[N+]([O-])OCC1OC(n2cnc3c(NC4CCCC4)ncnc32)C(O)C1O. The highest BCUT2D eigenvalue weighted by Crippen LogP contribution is 2.33. The van der Waals surface area contributed by atoms with Gasteiger partial charge in [-0.15, -0.1) is 10.1 Å². The number of imidazole rings is 1. The molecule has 3 N–H and O–H groups in total. The molecule has 0 amide bonds. The van der Waals surface area contributed by atoms with Crippen LogP contribution in [0.1, 0.15) is 31.9 Å². The van der Waals surface area contributed by atoms with Crippen LogP contribution in [0.4, 0.5) is 5.82 Å². The summed E-state index contributed by atoms with van der Waals surface area (Å²) in [6.45, 7) is -0.488. The van der Waals surface area contributed by atoms with E-state index in [1.807, 2.05) is 0 Å². The van der Waals surface area contributed by atoms with E-state index < -0.39 is 36.2 Å². The lowest BCUT2D eigenvalue weighted by Crippen LogP contribution is -2.34. The number of aliphatic hydroxyl groups excluding tert-OH is 2. The Bertz CT molecular complexity index is 824. The van der Waals surface area contributed by atoms with Crippen molar-refractivity contribution in [2.45, 2.75) is 56.3 Å². The van der Waals surface area contributed by atoms with Crippen molar-refractivity contribution in [2.24, 2.45) is 0 Å². The van der Waals surface area contributed by atoms with E-state index in [2.05, 4.69) is 25.1 Å². The molecule has 1 saturated carbocycles. The number of rotatable bonds is 6. The Kier molecular flexibility index (Phi) is 4.76. The van der Waals surface area contributed by atoms with E-state index in [1.54, 1.807) is 0 Å². The van der Waals surface area contributed by atoms with Crippen LogP contribution in [-0.4, -0.2) is 65.8 Å². The van der Waals surface area contributed by atoms with Crippen molar-refractivity contribution >= 4 is 17.0 Å². The zero-order valence-corrected chi connectivity index (χ0v) is 14.3. The lowest BCUT2D eigenvalue weighted by molar-refractivity contribution is -0.759. The van der Waals surface area contributed by atoms with Crippen LogP contribution >= 0.6 is 0 Å². The first-order valence-electron chi connectivity index (χ1n) is 8.77. The normalized spacial score (nSPS) is 28.7. The van der Waals surface area contributed by atoms with Crippen LogP contribution in [0.25, 0.3) is 11.2 Å². The lowest BCUT2D eigenvalue weighted by Gasteiger charge is -2.17. The highest BCUT2D eigenvalue weighted by molar-refractivity contribution is 5.82. The van der Waals surface area contributed by atoms with Crippen LogP contribution in [0.3, 0.4) is 0 Å². The number of nitrogens with one attached hydrogen (secondary N) is 1. The van der Waals surface area contributed by atoms with Gasteiger partial charge < -0.3 is 25.1 Å². The summed E-state index contributed by atoms with van der Waals surface area (Å²) in [6.07, 6.45) is 2.61. The van der Waals surface area contributed by atoms with E-state index in [0.29, 0.717) is 23.0 Å². The van der Waals surface area contributed by atoms with Gasteiger partial charge in [-0.3, -0.25) is 4.57 Å². The fourth-order valence-corrected chi connectivity index (χ4v) is 3.64. The van der Waals surface area contributed by atoms with Crippen molar-refractivity contribution in [2.75, 3.05) is 11.9 Å². The van der Waals surface area contributed by atoms with Crippen LogP contribution in [0.2, 0.25) is 0 Å². The zero-order chi connectivity index (χ0) is 19.0. The third kappa shape index (κ3) is 3.38. The highest BCUT2D eigenvalue weighted by atomic mass is 17.0. The second-order valence-corrected chi connectivity index (χ2v) is 6.74. The summed E-state index contributed by atoms with van der Waals surface area (Å²) in [6, 6.07) is 0.340. The Labute approximate surface area is 153 Å². The van der Waals surface area contributed by atoms with Crippen molar-refractivity contribution in [3.63, 3.8) is 0 Å². The molecule has 2 aliphatic rings. The third-order valence-electron chi connectivity index (χ3n) is 5.01. The van der Waals surface area contributed by atoms with Crippen molar-refractivity contribution in [3.05, 3.63) is 22.8 Å². The van der Waals surface area contributed by atoms with Gasteiger partial charge in [0.05, 0.1) is 6.33 Å². The number of aliphatic hydroxyl groups is 2. The number of nitrogens with zero attached hydrogens (tertiary/aromatic N) is 5. The smallest absolute Gasteiger partial charge is 0.294 e. The average Bonchev–Trinajstić information content (AvgIpc) is 3.36. The molecule has 12 heteroatoms. The molecule has 0 aromatic carbocycles. The maximum absolute atomic E-state index is 10.4. The van der Waals surface area contributed by atoms with Crippen molar-refractivity contribution in [1.29, 1.82) is 0 Å². The van der Waals surface area contributed by atoms with Gasteiger partial charge in [-0.2, -0.15) is 0 Å². The standard InChI is InChI=1S/C15H20N6O6/c22-11-9(5-26-21(24)25)27-15(12(11)23)20-7-18-10-13(16-6-17-14(10)20)19-8-3-1-2-4-8/h6-9,11-12,15,22-23H,1-5H2,(H,16,17,19).